The van der Waals surface area contributed by atoms with E-state index >= 15 is 0 Å². The van der Waals surface area contributed by atoms with Gasteiger partial charge in [-0.1, -0.05) is 18.6 Å². The molecule has 1 saturated heterocycles. The van der Waals surface area contributed by atoms with E-state index < -0.39 is 5.97 Å². The van der Waals surface area contributed by atoms with Crippen LogP contribution in [0.4, 0.5) is 5.82 Å². The summed E-state index contributed by atoms with van der Waals surface area (Å²) < 4.78 is 6.30. The maximum Gasteiger partial charge on any atom is 0.303 e. The molecule has 6 heteroatoms. The normalized spacial score (nSPS) is 17.4. The highest BCUT2D eigenvalue weighted by Gasteiger charge is 2.23. The highest BCUT2D eigenvalue weighted by Crippen LogP contribution is 2.27. The Hall–Kier alpha value is -2.37. The first kappa shape index (κ1) is 24.9. The number of aryl methyl sites for hydroxylation is 2. The summed E-state index contributed by atoms with van der Waals surface area (Å²) in [7, 11) is 0. The third-order valence-corrected chi connectivity index (χ3v) is 6.21. The van der Waals surface area contributed by atoms with Crippen molar-refractivity contribution in [1.29, 1.82) is 0 Å². The summed E-state index contributed by atoms with van der Waals surface area (Å²) >= 11 is 0. The summed E-state index contributed by atoms with van der Waals surface area (Å²) in [5.41, 5.74) is 3.50. The molecule has 172 valence electrons. The summed E-state index contributed by atoms with van der Waals surface area (Å²) in [5.74, 6) is 2.18. The van der Waals surface area contributed by atoms with Gasteiger partial charge >= 0.3 is 5.97 Å². The summed E-state index contributed by atoms with van der Waals surface area (Å²) in [5, 5.41) is 9.25. The Morgan fingerprint density at radius 3 is 2.58 bits per heavy atom. The largest absolute Gasteiger partial charge is 0.495 e. The van der Waals surface area contributed by atoms with Crippen LogP contribution in [0, 0.1) is 19.8 Å². The number of allylic oxidation sites excluding steroid dienone is 4. The van der Waals surface area contributed by atoms with Crippen molar-refractivity contribution in [1.82, 2.24) is 9.97 Å². The van der Waals surface area contributed by atoms with Gasteiger partial charge in [-0.3, -0.25) is 4.79 Å². The van der Waals surface area contributed by atoms with Gasteiger partial charge in [0.2, 0.25) is 0 Å². The molecule has 1 aliphatic rings. The van der Waals surface area contributed by atoms with Crippen LogP contribution in [0.3, 0.4) is 0 Å². The lowest BCUT2D eigenvalue weighted by Gasteiger charge is -2.34. The highest BCUT2D eigenvalue weighted by atomic mass is 16.5. The SMILES string of the molecule is CC/C=C(\C)C(CC/C(C)=C(/C)OC1CCN(c2nc(C)ncc2C)CC1)CC(=O)O. The van der Waals surface area contributed by atoms with Crippen LogP contribution in [-0.4, -0.2) is 40.2 Å². The van der Waals surface area contributed by atoms with Crippen LogP contribution in [0.5, 0.6) is 0 Å². The van der Waals surface area contributed by atoms with Crippen LogP contribution in [-0.2, 0) is 9.53 Å². The Morgan fingerprint density at radius 2 is 1.97 bits per heavy atom. The predicted octanol–water partition coefficient (Wildman–Crippen LogP) is 5.60. The molecule has 0 saturated carbocycles. The molecule has 0 aromatic carbocycles. The molecule has 2 heterocycles. The Balaban J connectivity index is 1.90. The minimum atomic E-state index is -0.732. The number of rotatable bonds is 10. The fourth-order valence-electron chi connectivity index (χ4n) is 4.13. The van der Waals surface area contributed by atoms with Gasteiger partial charge in [-0.2, -0.15) is 0 Å². The summed E-state index contributed by atoms with van der Waals surface area (Å²) in [4.78, 5) is 22.5. The van der Waals surface area contributed by atoms with Crippen molar-refractivity contribution in [2.45, 2.75) is 86.2 Å². The zero-order valence-electron chi connectivity index (χ0n) is 20.1. The van der Waals surface area contributed by atoms with Gasteiger partial charge < -0.3 is 14.7 Å². The van der Waals surface area contributed by atoms with Crippen LogP contribution in [0.2, 0.25) is 0 Å². The van der Waals surface area contributed by atoms with E-state index in [1.165, 1.54) is 11.1 Å². The molecular weight excluding hydrogens is 390 g/mol. The van der Waals surface area contributed by atoms with Crippen molar-refractivity contribution in [3.63, 3.8) is 0 Å². The number of aliphatic carboxylic acids is 1. The molecule has 0 bridgehead atoms. The molecule has 0 spiro atoms. The van der Waals surface area contributed by atoms with E-state index in [9.17, 15) is 9.90 Å². The average Bonchev–Trinajstić information content (AvgIpc) is 2.73. The lowest BCUT2D eigenvalue weighted by atomic mass is 9.89. The van der Waals surface area contributed by atoms with Gasteiger partial charge in [0.1, 0.15) is 17.7 Å². The van der Waals surface area contributed by atoms with E-state index in [4.69, 9.17) is 4.74 Å². The van der Waals surface area contributed by atoms with Crippen molar-refractivity contribution in [2.24, 2.45) is 5.92 Å². The number of piperidine rings is 1. The molecule has 1 aliphatic heterocycles. The molecule has 1 aromatic heterocycles. The molecule has 1 N–H and O–H groups in total. The topological polar surface area (TPSA) is 75.5 Å². The molecule has 6 nitrogen and oxygen atoms in total. The van der Waals surface area contributed by atoms with Crippen molar-refractivity contribution in [2.75, 3.05) is 18.0 Å². The third kappa shape index (κ3) is 7.67. The first-order chi connectivity index (χ1) is 14.7. The average molecular weight is 430 g/mol. The molecule has 0 aliphatic carbocycles. The van der Waals surface area contributed by atoms with Crippen molar-refractivity contribution in [3.05, 3.63) is 40.6 Å². The van der Waals surface area contributed by atoms with E-state index in [-0.39, 0.29) is 18.4 Å². The second-order valence-corrected chi connectivity index (χ2v) is 8.75. The summed E-state index contributed by atoms with van der Waals surface area (Å²) in [6.07, 6.45) is 9.01. The fraction of sp³-hybridized carbons (Fsp3) is 0.640. The number of nitrogens with zero attached hydrogens (tertiary/aromatic N) is 3. The van der Waals surface area contributed by atoms with E-state index in [1.54, 1.807) is 0 Å². The quantitative estimate of drug-likeness (QED) is 0.385. The maximum absolute atomic E-state index is 11.3. The van der Waals surface area contributed by atoms with Gasteiger partial charge in [0.25, 0.3) is 0 Å². The van der Waals surface area contributed by atoms with Crippen molar-refractivity contribution in [3.8, 4) is 0 Å². The predicted molar refractivity (Wildman–Crippen MR) is 125 cm³/mol. The van der Waals surface area contributed by atoms with Gasteiger partial charge in [0.05, 0.1) is 12.2 Å². The van der Waals surface area contributed by atoms with Gasteiger partial charge in [-0.05, 0) is 65.4 Å². The number of carboxylic acids is 1. The monoisotopic (exact) mass is 429 g/mol. The maximum atomic E-state index is 11.3. The first-order valence-corrected chi connectivity index (χ1v) is 11.5. The zero-order valence-corrected chi connectivity index (χ0v) is 20.1. The van der Waals surface area contributed by atoms with Crippen LogP contribution >= 0.6 is 0 Å². The fourth-order valence-corrected chi connectivity index (χ4v) is 4.13. The van der Waals surface area contributed by atoms with E-state index in [0.717, 1.165) is 68.2 Å². The van der Waals surface area contributed by atoms with Crippen LogP contribution in [0.15, 0.2) is 29.2 Å². The lowest BCUT2D eigenvalue weighted by molar-refractivity contribution is -0.137. The van der Waals surface area contributed by atoms with Crippen molar-refractivity contribution >= 4 is 11.8 Å². The van der Waals surface area contributed by atoms with Crippen LogP contribution in [0.25, 0.3) is 0 Å². The molecule has 0 radical (unpaired) electrons. The highest BCUT2D eigenvalue weighted by molar-refractivity contribution is 5.67. The van der Waals surface area contributed by atoms with Gasteiger partial charge in [-0.15, -0.1) is 0 Å². The number of carbonyl (C=O) groups is 1. The molecule has 0 amide bonds. The van der Waals surface area contributed by atoms with Gasteiger partial charge in [0, 0.05) is 37.7 Å². The molecule has 1 unspecified atom stereocenters. The number of ether oxygens (including phenoxy) is 1. The number of hydrogen-bond donors (Lipinski definition) is 1. The molecule has 31 heavy (non-hydrogen) atoms. The number of anilines is 1. The minimum absolute atomic E-state index is 0.0861. The summed E-state index contributed by atoms with van der Waals surface area (Å²) in [6.45, 7) is 14.1. The molecule has 2 rings (SSSR count). The van der Waals surface area contributed by atoms with Crippen LogP contribution in [0.1, 0.15) is 77.6 Å². The number of aromatic nitrogens is 2. The Morgan fingerprint density at radius 1 is 1.29 bits per heavy atom. The second kappa shape index (κ2) is 11.9. The molecule has 1 atom stereocenters. The molecule has 1 aromatic rings. The first-order valence-electron chi connectivity index (χ1n) is 11.5. The smallest absolute Gasteiger partial charge is 0.303 e. The molecule has 1 fully saturated rings. The zero-order chi connectivity index (χ0) is 23.0. The van der Waals surface area contributed by atoms with E-state index in [0.29, 0.717) is 0 Å². The van der Waals surface area contributed by atoms with Crippen LogP contribution < -0.4 is 4.90 Å². The van der Waals surface area contributed by atoms with Crippen molar-refractivity contribution < 1.29 is 14.6 Å². The lowest BCUT2D eigenvalue weighted by Crippen LogP contribution is -2.38. The summed E-state index contributed by atoms with van der Waals surface area (Å²) in [6, 6.07) is 0. The minimum Gasteiger partial charge on any atom is -0.495 e. The standard InChI is InChI=1S/C25H39N3O3/c1-7-8-18(3)22(15-24(29)30)10-9-17(2)20(5)31-23-11-13-28(14-12-23)25-19(4)16-26-21(6)27-25/h8,16,22-23H,7,9-15H2,1-6H3,(H,29,30)/b18-8+,20-17-. The van der Waals surface area contributed by atoms with Gasteiger partial charge in [0.15, 0.2) is 0 Å². The number of hydrogen-bond acceptors (Lipinski definition) is 5. The third-order valence-electron chi connectivity index (χ3n) is 6.21. The van der Waals surface area contributed by atoms with Gasteiger partial charge in [-0.25, -0.2) is 9.97 Å². The number of carboxylic acid groups (broad SMARTS) is 1. The van der Waals surface area contributed by atoms with E-state index in [2.05, 4.69) is 41.7 Å². The Labute approximate surface area is 187 Å². The van der Waals surface area contributed by atoms with E-state index in [1.807, 2.05) is 27.0 Å². The molecular formula is C25H39N3O3. The Kier molecular flexibility index (Phi) is 9.53. The second-order valence-electron chi connectivity index (χ2n) is 8.75. The Bertz CT molecular complexity index is 808.